The molecule has 7 nitrogen and oxygen atoms in total. The van der Waals surface area contributed by atoms with Gasteiger partial charge in [0.2, 0.25) is 23.5 Å². The van der Waals surface area contributed by atoms with Gasteiger partial charge in [-0.1, -0.05) is 42.8 Å². The van der Waals surface area contributed by atoms with E-state index in [1.807, 2.05) is 48.5 Å². The summed E-state index contributed by atoms with van der Waals surface area (Å²) in [6.07, 6.45) is 4.48. The van der Waals surface area contributed by atoms with Gasteiger partial charge in [-0.15, -0.1) is 0 Å². The smallest absolute Gasteiger partial charge is 0.230 e. The molecule has 0 unspecified atom stereocenters. The molecule has 2 aromatic carbocycles. The Kier molecular flexibility index (Phi) is 5.47. The number of anilines is 2. The van der Waals surface area contributed by atoms with Crippen molar-refractivity contribution < 1.29 is 14.1 Å². The summed E-state index contributed by atoms with van der Waals surface area (Å²) >= 11 is 0. The lowest BCUT2D eigenvalue weighted by Gasteiger charge is -2.20. The van der Waals surface area contributed by atoms with Crippen molar-refractivity contribution in [2.45, 2.75) is 44.9 Å². The molecule has 0 radical (unpaired) electrons. The number of hydrogen-bond acceptors (Lipinski definition) is 5. The molecule has 2 aliphatic rings. The van der Waals surface area contributed by atoms with E-state index in [4.69, 9.17) is 4.52 Å². The minimum Gasteiger partial charge on any atom is -0.339 e. The Hall–Kier alpha value is -3.48. The lowest BCUT2D eigenvalue weighted by molar-refractivity contribution is -0.122. The van der Waals surface area contributed by atoms with Gasteiger partial charge in [0.25, 0.3) is 0 Å². The van der Waals surface area contributed by atoms with Crippen LogP contribution in [0.4, 0.5) is 11.4 Å². The van der Waals surface area contributed by atoms with Gasteiger partial charge in [0.05, 0.1) is 5.92 Å². The van der Waals surface area contributed by atoms with Gasteiger partial charge in [0, 0.05) is 35.8 Å². The van der Waals surface area contributed by atoms with Crippen molar-refractivity contribution in [1.82, 2.24) is 10.1 Å². The van der Waals surface area contributed by atoms with Crippen molar-refractivity contribution in [3.63, 3.8) is 0 Å². The molecule has 1 N–H and O–H groups in total. The molecular weight excluding hydrogens is 404 g/mol. The van der Waals surface area contributed by atoms with Crippen LogP contribution in [0, 0.1) is 5.92 Å². The van der Waals surface area contributed by atoms with Gasteiger partial charge < -0.3 is 14.7 Å². The van der Waals surface area contributed by atoms with E-state index in [2.05, 4.69) is 22.4 Å². The van der Waals surface area contributed by atoms with Gasteiger partial charge in [0.1, 0.15) is 0 Å². The van der Waals surface area contributed by atoms with Crippen LogP contribution in [0.3, 0.4) is 0 Å². The van der Waals surface area contributed by atoms with E-state index >= 15 is 0 Å². The number of benzene rings is 2. The summed E-state index contributed by atoms with van der Waals surface area (Å²) in [5.41, 5.74) is 3.46. The first-order valence-electron chi connectivity index (χ1n) is 11.2. The first-order valence-corrected chi connectivity index (χ1v) is 11.2. The summed E-state index contributed by atoms with van der Waals surface area (Å²) in [5.74, 6) is 1.01. The van der Waals surface area contributed by atoms with Crippen LogP contribution in [-0.2, 0) is 16.0 Å². The average Bonchev–Trinajstić information content (AvgIpc) is 3.40. The molecular formula is C25H26N4O3. The Morgan fingerprint density at radius 3 is 2.81 bits per heavy atom. The largest absolute Gasteiger partial charge is 0.339 e. The number of nitrogens with zero attached hydrogens (tertiary/aromatic N) is 3. The van der Waals surface area contributed by atoms with Crippen LogP contribution in [-0.4, -0.2) is 28.5 Å². The van der Waals surface area contributed by atoms with Crippen LogP contribution >= 0.6 is 0 Å². The number of carbonyl (C=O) groups is 2. The third-order valence-corrected chi connectivity index (χ3v) is 6.41. The number of rotatable bonds is 6. The lowest BCUT2D eigenvalue weighted by atomic mass is 9.85. The van der Waals surface area contributed by atoms with E-state index in [1.54, 1.807) is 4.90 Å². The van der Waals surface area contributed by atoms with Gasteiger partial charge in [-0.05, 0) is 49.1 Å². The summed E-state index contributed by atoms with van der Waals surface area (Å²) in [6, 6.07) is 15.3. The molecule has 1 aliphatic carbocycles. The maximum Gasteiger partial charge on any atom is 0.230 e. The third kappa shape index (κ3) is 4.02. The Labute approximate surface area is 186 Å². The van der Waals surface area contributed by atoms with E-state index in [0.29, 0.717) is 24.2 Å². The zero-order chi connectivity index (χ0) is 22.1. The molecule has 1 saturated heterocycles. The first-order chi connectivity index (χ1) is 15.6. The van der Waals surface area contributed by atoms with Crippen molar-refractivity contribution in [2.75, 3.05) is 16.8 Å². The highest BCUT2D eigenvalue weighted by Gasteiger charge is 2.35. The monoisotopic (exact) mass is 430 g/mol. The van der Waals surface area contributed by atoms with Crippen LogP contribution in [0.15, 0.2) is 53.1 Å². The van der Waals surface area contributed by atoms with Crippen LogP contribution in [0.2, 0.25) is 0 Å². The highest BCUT2D eigenvalue weighted by Crippen LogP contribution is 2.36. The maximum absolute atomic E-state index is 12.8. The van der Waals surface area contributed by atoms with Crippen LogP contribution in [0.25, 0.3) is 11.4 Å². The summed E-state index contributed by atoms with van der Waals surface area (Å²) in [7, 11) is 0. The quantitative estimate of drug-likeness (QED) is 0.619. The molecule has 32 heavy (non-hydrogen) atoms. The van der Waals surface area contributed by atoms with Gasteiger partial charge in [-0.25, -0.2) is 0 Å². The molecule has 5 rings (SSSR count). The molecule has 164 valence electrons. The van der Waals surface area contributed by atoms with Crippen molar-refractivity contribution in [1.29, 1.82) is 0 Å². The standard InChI is InChI=1S/C25H26N4O3/c1-2-16-6-3-10-20(12-16)26-24(31)19-14-22(30)29(15-19)21-11-5-9-18(13-21)23-27-25(32-28-23)17-7-4-8-17/h3,5-6,9-13,17,19H,2,4,7-8,14-15H2,1H3,(H,26,31)/t19-/m1/s1. The number of carbonyl (C=O) groups excluding carboxylic acids is 2. The molecule has 3 aromatic rings. The minimum atomic E-state index is -0.396. The van der Waals surface area contributed by atoms with Crippen LogP contribution < -0.4 is 10.2 Å². The summed E-state index contributed by atoms with van der Waals surface area (Å²) in [4.78, 5) is 31.7. The predicted molar refractivity (Wildman–Crippen MR) is 121 cm³/mol. The summed E-state index contributed by atoms with van der Waals surface area (Å²) in [5, 5.41) is 7.09. The molecule has 0 spiro atoms. The number of aromatic nitrogens is 2. The zero-order valence-corrected chi connectivity index (χ0v) is 18.1. The molecule has 1 atom stereocenters. The Bertz CT molecular complexity index is 1150. The van der Waals surface area contributed by atoms with E-state index in [-0.39, 0.29) is 18.2 Å². The fourth-order valence-corrected chi connectivity index (χ4v) is 4.23. The number of aryl methyl sites for hydroxylation is 1. The average molecular weight is 431 g/mol. The summed E-state index contributed by atoms with van der Waals surface area (Å²) < 4.78 is 5.44. The number of hydrogen-bond donors (Lipinski definition) is 1. The Morgan fingerprint density at radius 1 is 1.19 bits per heavy atom. The van der Waals surface area contributed by atoms with Crippen molar-refractivity contribution >= 4 is 23.2 Å². The summed E-state index contributed by atoms with van der Waals surface area (Å²) in [6.45, 7) is 2.42. The van der Waals surface area contributed by atoms with Crippen molar-refractivity contribution in [3.8, 4) is 11.4 Å². The lowest BCUT2D eigenvalue weighted by Crippen LogP contribution is -2.28. The highest BCUT2D eigenvalue weighted by atomic mass is 16.5. The van der Waals surface area contributed by atoms with Gasteiger partial charge in [-0.2, -0.15) is 4.98 Å². The first kappa shape index (κ1) is 20.4. The van der Waals surface area contributed by atoms with Gasteiger partial charge >= 0.3 is 0 Å². The fraction of sp³-hybridized carbons (Fsp3) is 0.360. The molecule has 1 aromatic heterocycles. The molecule has 2 heterocycles. The van der Waals surface area contributed by atoms with Crippen LogP contribution in [0.5, 0.6) is 0 Å². The van der Waals surface area contributed by atoms with Crippen molar-refractivity contribution in [3.05, 3.63) is 60.0 Å². The molecule has 2 fully saturated rings. The molecule has 2 amide bonds. The third-order valence-electron chi connectivity index (χ3n) is 6.41. The predicted octanol–water partition coefficient (Wildman–Crippen LogP) is 4.56. The zero-order valence-electron chi connectivity index (χ0n) is 18.1. The normalized spacial score (nSPS) is 18.6. The van der Waals surface area contributed by atoms with E-state index in [0.717, 1.165) is 41.8 Å². The Balaban J connectivity index is 1.29. The van der Waals surface area contributed by atoms with Crippen LogP contribution in [0.1, 0.15) is 50.0 Å². The molecule has 7 heteroatoms. The minimum absolute atomic E-state index is 0.0622. The second-order valence-electron chi connectivity index (χ2n) is 8.58. The number of nitrogens with one attached hydrogen (secondary N) is 1. The molecule has 0 bridgehead atoms. The fourth-order valence-electron chi connectivity index (χ4n) is 4.23. The van der Waals surface area contributed by atoms with E-state index in [1.165, 1.54) is 6.42 Å². The second kappa shape index (κ2) is 8.57. The highest BCUT2D eigenvalue weighted by molar-refractivity contribution is 6.03. The van der Waals surface area contributed by atoms with E-state index < -0.39 is 5.92 Å². The Morgan fingerprint density at radius 2 is 2.03 bits per heavy atom. The second-order valence-corrected chi connectivity index (χ2v) is 8.58. The molecule has 1 aliphatic heterocycles. The van der Waals surface area contributed by atoms with Gasteiger partial charge in [0.15, 0.2) is 0 Å². The molecule has 1 saturated carbocycles. The van der Waals surface area contributed by atoms with E-state index in [9.17, 15) is 9.59 Å². The maximum atomic E-state index is 12.8. The number of amides is 2. The van der Waals surface area contributed by atoms with Crippen molar-refractivity contribution in [2.24, 2.45) is 5.92 Å². The SMILES string of the molecule is CCc1cccc(NC(=O)[C@@H]2CC(=O)N(c3cccc(-c4noc(C5CCC5)n4)c3)C2)c1. The topological polar surface area (TPSA) is 88.3 Å². The van der Waals surface area contributed by atoms with Gasteiger partial charge in [-0.3, -0.25) is 9.59 Å².